The predicted octanol–water partition coefficient (Wildman–Crippen LogP) is 4.00. The molecule has 0 radical (unpaired) electrons. The van der Waals surface area contributed by atoms with Crippen LogP contribution >= 0.6 is 15.9 Å². The van der Waals surface area contributed by atoms with E-state index in [1.54, 1.807) is 18.2 Å². The third-order valence-corrected chi connectivity index (χ3v) is 4.48. The highest BCUT2D eigenvalue weighted by Crippen LogP contribution is 2.40. The minimum atomic E-state index is -0.462. The van der Waals surface area contributed by atoms with Crippen molar-refractivity contribution in [2.24, 2.45) is 0 Å². The smallest absolute Gasteiger partial charge is 0.343 e. The SMILES string of the molecule is O=C1C[C@@H](c2cccc(Br)c2)c2c(c3ccccc3oc2=O)O1. The van der Waals surface area contributed by atoms with E-state index in [9.17, 15) is 9.59 Å². The zero-order chi connectivity index (χ0) is 16.0. The average molecular weight is 371 g/mol. The molecule has 2 heterocycles. The van der Waals surface area contributed by atoms with Crippen molar-refractivity contribution in [2.45, 2.75) is 12.3 Å². The monoisotopic (exact) mass is 370 g/mol. The van der Waals surface area contributed by atoms with Crippen molar-refractivity contribution in [2.75, 3.05) is 0 Å². The molecule has 0 N–H and O–H groups in total. The Morgan fingerprint density at radius 1 is 1.04 bits per heavy atom. The number of carbonyl (C=O) groups excluding carboxylic acids is 1. The Kier molecular flexibility index (Phi) is 3.31. The lowest BCUT2D eigenvalue weighted by molar-refractivity contribution is -0.135. The first-order chi connectivity index (χ1) is 11.1. The Balaban J connectivity index is 2.02. The fraction of sp³-hybridized carbons (Fsp3) is 0.111. The summed E-state index contributed by atoms with van der Waals surface area (Å²) in [7, 11) is 0. The van der Waals surface area contributed by atoms with Crippen molar-refractivity contribution >= 4 is 32.9 Å². The van der Waals surface area contributed by atoms with Crippen LogP contribution in [0.2, 0.25) is 0 Å². The Hall–Kier alpha value is -2.40. The second-order valence-corrected chi connectivity index (χ2v) is 6.33. The summed E-state index contributed by atoms with van der Waals surface area (Å²) in [6.45, 7) is 0. The van der Waals surface area contributed by atoms with E-state index in [4.69, 9.17) is 9.15 Å². The lowest BCUT2D eigenvalue weighted by Crippen LogP contribution is -2.26. The summed E-state index contributed by atoms with van der Waals surface area (Å²) in [4.78, 5) is 24.6. The number of halogens is 1. The van der Waals surface area contributed by atoms with Crippen molar-refractivity contribution in [1.29, 1.82) is 0 Å². The number of hydrogen-bond acceptors (Lipinski definition) is 4. The Morgan fingerprint density at radius 2 is 1.87 bits per heavy atom. The van der Waals surface area contributed by atoms with Crippen LogP contribution in [0.5, 0.6) is 5.75 Å². The number of ether oxygens (including phenoxy) is 1. The number of fused-ring (bicyclic) bond motifs is 3. The van der Waals surface area contributed by atoms with Gasteiger partial charge in [0, 0.05) is 10.4 Å². The molecule has 1 aromatic heterocycles. The van der Waals surface area contributed by atoms with Gasteiger partial charge in [0.1, 0.15) is 5.58 Å². The molecular weight excluding hydrogens is 360 g/mol. The number of carbonyl (C=O) groups is 1. The highest BCUT2D eigenvalue weighted by Gasteiger charge is 2.33. The van der Waals surface area contributed by atoms with Crippen LogP contribution in [0.4, 0.5) is 0 Å². The highest BCUT2D eigenvalue weighted by atomic mass is 79.9. The maximum Gasteiger partial charge on any atom is 0.343 e. The Labute approximate surface area is 139 Å². The number of para-hydroxylation sites is 1. The van der Waals surface area contributed by atoms with Gasteiger partial charge < -0.3 is 9.15 Å². The van der Waals surface area contributed by atoms with Gasteiger partial charge >= 0.3 is 11.6 Å². The summed E-state index contributed by atoms with van der Waals surface area (Å²) in [6.07, 6.45) is 0.118. The zero-order valence-corrected chi connectivity index (χ0v) is 13.5. The van der Waals surface area contributed by atoms with Gasteiger partial charge in [-0.05, 0) is 29.8 Å². The number of benzene rings is 2. The number of esters is 1. The van der Waals surface area contributed by atoms with E-state index in [1.807, 2.05) is 30.3 Å². The van der Waals surface area contributed by atoms with Gasteiger partial charge in [0.25, 0.3) is 0 Å². The van der Waals surface area contributed by atoms with Gasteiger partial charge in [0.05, 0.1) is 17.4 Å². The van der Waals surface area contributed by atoms with Gasteiger partial charge in [-0.15, -0.1) is 0 Å². The molecule has 1 aliphatic rings. The molecule has 0 aliphatic carbocycles. The van der Waals surface area contributed by atoms with E-state index >= 15 is 0 Å². The summed E-state index contributed by atoms with van der Waals surface area (Å²) in [5.74, 6) is -0.402. The van der Waals surface area contributed by atoms with Gasteiger partial charge in [-0.3, -0.25) is 4.79 Å². The van der Waals surface area contributed by atoms with Crippen LogP contribution in [0.15, 0.2) is 62.2 Å². The molecule has 0 saturated heterocycles. The zero-order valence-electron chi connectivity index (χ0n) is 11.9. The highest BCUT2D eigenvalue weighted by molar-refractivity contribution is 9.10. The molecule has 4 rings (SSSR count). The molecule has 0 saturated carbocycles. The molecule has 4 nitrogen and oxygen atoms in total. The van der Waals surface area contributed by atoms with Crippen molar-refractivity contribution in [3.05, 3.63) is 74.6 Å². The van der Waals surface area contributed by atoms with Gasteiger partial charge in [-0.2, -0.15) is 0 Å². The lowest BCUT2D eigenvalue weighted by atomic mass is 9.87. The molecule has 5 heteroatoms. The maximum absolute atomic E-state index is 12.5. The van der Waals surface area contributed by atoms with Crippen LogP contribution in [0.3, 0.4) is 0 Å². The Morgan fingerprint density at radius 3 is 2.70 bits per heavy atom. The van der Waals surface area contributed by atoms with Gasteiger partial charge in [-0.1, -0.05) is 40.2 Å². The molecule has 1 atom stereocenters. The summed E-state index contributed by atoms with van der Waals surface area (Å²) in [5.41, 5.74) is 1.23. The fourth-order valence-corrected chi connectivity index (χ4v) is 3.40. The van der Waals surface area contributed by atoms with Crippen molar-refractivity contribution in [3.63, 3.8) is 0 Å². The first-order valence-electron chi connectivity index (χ1n) is 7.15. The van der Waals surface area contributed by atoms with E-state index in [2.05, 4.69) is 15.9 Å². The normalized spacial score (nSPS) is 16.9. The molecule has 0 spiro atoms. The lowest BCUT2D eigenvalue weighted by Gasteiger charge is -2.24. The summed E-state index contributed by atoms with van der Waals surface area (Å²) in [5, 5.41) is 0.634. The van der Waals surface area contributed by atoms with Crippen LogP contribution in [0, 0.1) is 0 Å². The molecular formula is C18H11BrO4. The summed E-state index contributed by atoms with van der Waals surface area (Å²) in [6, 6.07) is 14.6. The van der Waals surface area contributed by atoms with Crippen LogP contribution < -0.4 is 10.4 Å². The first kappa shape index (κ1) is 14.2. The largest absolute Gasteiger partial charge is 0.425 e. The summed E-state index contributed by atoms with van der Waals surface area (Å²) >= 11 is 3.42. The molecule has 0 amide bonds. The fourth-order valence-electron chi connectivity index (χ4n) is 2.98. The first-order valence-corrected chi connectivity index (χ1v) is 7.94. The minimum absolute atomic E-state index is 0.118. The quantitative estimate of drug-likeness (QED) is 0.479. The topological polar surface area (TPSA) is 56.5 Å². The predicted molar refractivity (Wildman–Crippen MR) is 88.7 cm³/mol. The number of hydrogen-bond donors (Lipinski definition) is 0. The number of rotatable bonds is 1. The standard InChI is InChI=1S/C18H11BrO4/c19-11-5-3-4-10(8-11)13-9-15(20)23-17-12-6-1-2-7-14(12)22-18(21)16(13)17/h1-8,13H,9H2/t13-/m0/s1. The Bertz CT molecular complexity index is 990. The molecule has 114 valence electrons. The molecule has 23 heavy (non-hydrogen) atoms. The van der Waals surface area contributed by atoms with E-state index in [0.29, 0.717) is 22.3 Å². The van der Waals surface area contributed by atoms with Crippen LogP contribution in [-0.2, 0) is 4.79 Å². The van der Waals surface area contributed by atoms with Crippen molar-refractivity contribution in [3.8, 4) is 5.75 Å². The van der Waals surface area contributed by atoms with E-state index < -0.39 is 5.63 Å². The summed E-state index contributed by atoms with van der Waals surface area (Å²) < 4.78 is 11.7. The third kappa shape index (κ3) is 2.37. The van der Waals surface area contributed by atoms with Crippen molar-refractivity contribution in [1.82, 2.24) is 0 Å². The molecule has 0 bridgehead atoms. The van der Waals surface area contributed by atoms with Gasteiger partial charge in [0.2, 0.25) is 0 Å². The van der Waals surface area contributed by atoms with Gasteiger partial charge in [0.15, 0.2) is 5.75 Å². The molecule has 2 aromatic carbocycles. The minimum Gasteiger partial charge on any atom is -0.425 e. The molecule has 0 unspecified atom stereocenters. The van der Waals surface area contributed by atoms with E-state index in [-0.39, 0.29) is 18.3 Å². The van der Waals surface area contributed by atoms with Crippen LogP contribution in [-0.4, -0.2) is 5.97 Å². The molecule has 1 aliphatic heterocycles. The molecule has 0 fully saturated rings. The second-order valence-electron chi connectivity index (χ2n) is 5.41. The van der Waals surface area contributed by atoms with Crippen LogP contribution in [0.1, 0.15) is 23.5 Å². The van der Waals surface area contributed by atoms with Gasteiger partial charge in [-0.25, -0.2) is 4.79 Å². The van der Waals surface area contributed by atoms with Crippen molar-refractivity contribution < 1.29 is 13.9 Å². The maximum atomic E-state index is 12.5. The van der Waals surface area contributed by atoms with E-state index in [0.717, 1.165) is 10.0 Å². The molecule has 3 aromatic rings. The third-order valence-electron chi connectivity index (χ3n) is 3.99. The second kappa shape index (κ2) is 5.35. The average Bonchev–Trinajstić information content (AvgIpc) is 2.54. The van der Waals surface area contributed by atoms with Crippen LogP contribution in [0.25, 0.3) is 11.0 Å². The van der Waals surface area contributed by atoms with E-state index in [1.165, 1.54) is 0 Å².